The Kier molecular flexibility index (Phi) is 2.94. The van der Waals surface area contributed by atoms with Gasteiger partial charge in [-0.1, -0.05) is 6.07 Å². The number of aromatic nitrogens is 5. The lowest BCUT2D eigenvalue weighted by Crippen LogP contribution is -2.27. The molecule has 0 aliphatic rings. The molecule has 0 saturated heterocycles. The Labute approximate surface area is 115 Å². The molecule has 7 heteroatoms. The Morgan fingerprint density at radius 2 is 2.30 bits per heavy atom. The van der Waals surface area contributed by atoms with Crippen LogP contribution in [-0.2, 0) is 6.54 Å². The molecule has 3 aromatic heterocycles. The molecule has 0 bridgehead atoms. The normalized spacial score (nSPS) is 10.9. The highest BCUT2D eigenvalue weighted by Gasteiger charge is 2.17. The molecule has 0 aromatic carbocycles. The summed E-state index contributed by atoms with van der Waals surface area (Å²) in [4.78, 5) is 22.2. The molecule has 20 heavy (non-hydrogen) atoms. The number of carbonyl (C=O) groups excluding carboxylic acids is 1. The van der Waals surface area contributed by atoms with Crippen molar-refractivity contribution < 1.29 is 4.79 Å². The van der Waals surface area contributed by atoms with E-state index in [-0.39, 0.29) is 5.91 Å². The van der Waals surface area contributed by atoms with Crippen molar-refractivity contribution in [1.29, 1.82) is 0 Å². The van der Waals surface area contributed by atoms with Gasteiger partial charge in [0.15, 0.2) is 0 Å². The zero-order valence-corrected chi connectivity index (χ0v) is 11.2. The molecule has 1 amide bonds. The fourth-order valence-corrected chi connectivity index (χ4v) is 2.05. The van der Waals surface area contributed by atoms with E-state index >= 15 is 0 Å². The maximum absolute atomic E-state index is 12.3. The van der Waals surface area contributed by atoms with Crippen LogP contribution >= 0.6 is 0 Å². The van der Waals surface area contributed by atoms with Crippen LogP contribution < -0.4 is 0 Å². The number of nitrogens with one attached hydrogen (secondary N) is 1. The van der Waals surface area contributed by atoms with Gasteiger partial charge in [-0.2, -0.15) is 5.10 Å². The molecular weight excluding hydrogens is 256 g/mol. The van der Waals surface area contributed by atoms with E-state index in [0.29, 0.717) is 18.1 Å². The summed E-state index contributed by atoms with van der Waals surface area (Å²) < 4.78 is 1.90. The first-order valence-electron chi connectivity index (χ1n) is 6.19. The standard InChI is InChI=1S/C13H14N6O/c1-9-4-3-5-12-16-10(6-19(9)12)13(20)18(2)7-11-14-8-15-17-11/h3-6,8H,7H2,1-2H3,(H,14,15,17). The van der Waals surface area contributed by atoms with Gasteiger partial charge in [0.25, 0.3) is 5.91 Å². The van der Waals surface area contributed by atoms with Crippen LogP contribution in [-0.4, -0.2) is 42.4 Å². The van der Waals surface area contributed by atoms with Crippen molar-refractivity contribution in [3.8, 4) is 0 Å². The minimum absolute atomic E-state index is 0.149. The molecule has 0 fully saturated rings. The maximum Gasteiger partial charge on any atom is 0.274 e. The summed E-state index contributed by atoms with van der Waals surface area (Å²) in [6, 6.07) is 5.77. The summed E-state index contributed by atoms with van der Waals surface area (Å²) in [5.74, 6) is 0.491. The summed E-state index contributed by atoms with van der Waals surface area (Å²) in [6.07, 6.45) is 3.17. The third kappa shape index (κ3) is 2.13. The lowest BCUT2D eigenvalue weighted by molar-refractivity contribution is 0.0776. The Balaban J connectivity index is 1.86. The van der Waals surface area contributed by atoms with E-state index < -0.39 is 0 Å². The van der Waals surface area contributed by atoms with Crippen molar-refractivity contribution in [3.05, 3.63) is 47.9 Å². The number of H-pyrrole nitrogens is 1. The van der Waals surface area contributed by atoms with Crippen molar-refractivity contribution >= 4 is 11.6 Å². The summed E-state index contributed by atoms with van der Waals surface area (Å²) in [5, 5.41) is 6.49. The molecule has 0 atom stereocenters. The average Bonchev–Trinajstić information content (AvgIpc) is 3.07. The second kappa shape index (κ2) is 4.76. The number of aromatic amines is 1. The Morgan fingerprint density at radius 1 is 1.45 bits per heavy atom. The smallest absolute Gasteiger partial charge is 0.274 e. The first kappa shape index (κ1) is 12.3. The molecule has 0 unspecified atom stereocenters. The number of nitrogens with zero attached hydrogens (tertiary/aromatic N) is 5. The molecule has 0 aliphatic heterocycles. The van der Waals surface area contributed by atoms with Crippen LogP contribution in [0.25, 0.3) is 5.65 Å². The highest BCUT2D eigenvalue weighted by Crippen LogP contribution is 2.10. The van der Waals surface area contributed by atoms with Crippen LogP contribution in [0.15, 0.2) is 30.7 Å². The van der Waals surface area contributed by atoms with Gasteiger partial charge in [-0.15, -0.1) is 0 Å². The van der Waals surface area contributed by atoms with Gasteiger partial charge in [-0.05, 0) is 19.1 Å². The number of hydrogen-bond donors (Lipinski definition) is 1. The van der Waals surface area contributed by atoms with Crippen molar-refractivity contribution in [1.82, 2.24) is 29.5 Å². The van der Waals surface area contributed by atoms with Crippen molar-refractivity contribution in [3.63, 3.8) is 0 Å². The molecular formula is C13H14N6O. The summed E-state index contributed by atoms with van der Waals surface area (Å²) in [7, 11) is 1.71. The quantitative estimate of drug-likeness (QED) is 0.771. The summed E-state index contributed by atoms with van der Waals surface area (Å²) >= 11 is 0. The lowest BCUT2D eigenvalue weighted by Gasteiger charge is -2.13. The number of carbonyl (C=O) groups is 1. The van der Waals surface area contributed by atoms with Gasteiger partial charge in [-0.25, -0.2) is 9.97 Å². The van der Waals surface area contributed by atoms with Crippen LogP contribution in [0.1, 0.15) is 22.0 Å². The van der Waals surface area contributed by atoms with Gasteiger partial charge < -0.3 is 9.30 Å². The predicted octanol–water partition coefficient (Wildman–Crippen LogP) is 1.03. The Morgan fingerprint density at radius 3 is 3.00 bits per heavy atom. The monoisotopic (exact) mass is 270 g/mol. The van der Waals surface area contributed by atoms with Gasteiger partial charge in [0, 0.05) is 18.9 Å². The van der Waals surface area contributed by atoms with Crippen LogP contribution in [0.2, 0.25) is 0 Å². The van der Waals surface area contributed by atoms with E-state index in [0.717, 1.165) is 11.3 Å². The van der Waals surface area contributed by atoms with Gasteiger partial charge in [0.2, 0.25) is 0 Å². The number of rotatable bonds is 3. The number of amides is 1. The molecule has 0 radical (unpaired) electrons. The van der Waals surface area contributed by atoms with E-state index in [1.54, 1.807) is 18.1 Å². The number of fused-ring (bicyclic) bond motifs is 1. The zero-order chi connectivity index (χ0) is 14.1. The SMILES string of the molecule is Cc1cccc2nc(C(=O)N(C)Cc3ncn[nH]3)cn12. The predicted molar refractivity (Wildman–Crippen MR) is 72.1 cm³/mol. The lowest BCUT2D eigenvalue weighted by atomic mass is 10.4. The Hall–Kier alpha value is -2.70. The molecule has 3 rings (SSSR count). The third-order valence-corrected chi connectivity index (χ3v) is 3.11. The second-order valence-electron chi connectivity index (χ2n) is 4.61. The second-order valence-corrected chi connectivity index (χ2v) is 4.61. The van der Waals surface area contributed by atoms with Crippen LogP contribution in [0.5, 0.6) is 0 Å². The molecule has 102 valence electrons. The van der Waals surface area contributed by atoms with Gasteiger partial charge in [0.1, 0.15) is 23.5 Å². The van der Waals surface area contributed by atoms with E-state index in [2.05, 4.69) is 20.2 Å². The molecule has 7 nitrogen and oxygen atoms in total. The largest absolute Gasteiger partial charge is 0.333 e. The van der Waals surface area contributed by atoms with Crippen LogP contribution in [0.4, 0.5) is 0 Å². The summed E-state index contributed by atoms with van der Waals surface area (Å²) in [5.41, 5.74) is 2.22. The zero-order valence-electron chi connectivity index (χ0n) is 11.2. The fraction of sp³-hybridized carbons (Fsp3) is 0.231. The van der Waals surface area contributed by atoms with Crippen LogP contribution in [0.3, 0.4) is 0 Å². The molecule has 3 heterocycles. The minimum atomic E-state index is -0.149. The van der Waals surface area contributed by atoms with E-state index in [9.17, 15) is 4.79 Å². The highest BCUT2D eigenvalue weighted by molar-refractivity contribution is 5.92. The molecule has 0 spiro atoms. The number of aryl methyl sites for hydroxylation is 1. The van der Waals surface area contributed by atoms with E-state index in [1.807, 2.05) is 29.5 Å². The van der Waals surface area contributed by atoms with Gasteiger partial charge in [0.05, 0.1) is 6.54 Å². The van der Waals surface area contributed by atoms with Gasteiger partial charge >= 0.3 is 0 Å². The van der Waals surface area contributed by atoms with E-state index in [1.165, 1.54) is 6.33 Å². The fourth-order valence-electron chi connectivity index (χ4n) is 2.05. The van der Waals surface area contributed by atoms with Crippen LogP contribution in [0, 0.1) is 6.92 Å². The Bertz CT molecular complexity index is 745. The average molecular weight is 270 g/mol. The topological polar surface area (TPSA) is 79.2 Å². The first-order valence-corrected chi connectivity index (χ1v) is 6.19. The third-order valence-electron chi connectivity index (χ3n) is 3.11. The summed E-state index contributed by atoms with van der Waals surface area (Å²) in [6.45, 7) is 2.34. The number of imidazole rings is 1. The number of pyridine rings is 1. The van der Waals surface area contributed by atoms with Crippen molar-refractivity contribution in [2.45, 2.75) is 13.5 Å². The molecule has 3 aromatic rings. The molecule has 0 saturated carbocycles. The minimum Gasteiger partial charge on any atom is -0.333 e. The van der Waals surface area contributed by atoms with E-state index in [4.69, 9.17) is 0 Å². The van der Waals surface area contributed by atoms with Crippen molar-refractivity contribution in [2.75, 3.05) is 7.05 Å². The number of hydrogen-bond acceptors (Lipinski definition) is 4. The highest BCUT2D eigenvalue weighted by atomic mass is 16.2. The molecule has 1 N–H and O–H groups in total. The van der Waals surface area contributed by atoms with Crippen molar-refractivity contribution in [2.24, 2.45) is 0 Å². The van der Waals surface area contributed by atoms with Gasteiger partial charge in [-0.3, -0.25) is 9.89 Å². The first-order chi connectivity index (χ1) is 9.65. The maximum atomic E-state index is 12.3. The molecule has 0 aliphatic carbocycles.